The van der Waals surface area contributed by atoms with Crippen LogP contribution in [-0.2, 0) is 4.79 Å². The summed E-state index contributed by atoms with van der Waals surface area (Å²) in [5, 5.41) is 0. The molecule has 0 aromatic carbocycles. The summed E-state index contributed by atoms with van der Waals surface area (Å²) < 4.78 is 0. The summed E-state index contributed by atoms with van der Waals surface area (Å²) in [6.45, 7) is 4.53. The van der Waals surface area contributed by atoms with E-state index in [-0.39, 0.29) is 0 Å². The molecule has 2 heterocycles. The predicted molar refractivity (Wildman–Crippen MR) is 68.5 cm³/mol. The van der Waals surface area contributed by atoms with Crippen molar-refractivity contribution in [3.05, 3.63) is 11.8 Å². The van der Waals surface area contributed by atoms with Gasteiger partial charge in [0.2, 0.25) is 0 Å². The fourth-order valence-electron chi connectivity index (χ4n) is 4.47. The minimum absolute atomic E-state index is 0.338. The third kappa shape index (κ3) is 1.82. The first-order valence-electron chi connectivity index (χ1n) is 7.16. The number of allylic oxidation sites excluding steroid dienone is 2. The van der Waals surface area contributed by atoms with Crippen molar-refractivity contribution in [2.45, 2.75) is 64.5 Å². The van der Waals surface area contributed by atoms with Crippen LogP contribution in [-0.4, -0.2) is 22.8 Å². The van der Waals surface area contributed by atoms with E-state index in [1.165, 1.54) is 37.8 Å². The van der Waals surface area contributed by atoms with Gasteiger partial charge in [-0.05, 0) is 38.0 Å². The van der Waals surface area contributed by atoms with Gasteiger partial charge in [0.1, 0.15) is 0 Å². The zero-order valence-corrected chi connectivity index (χ0v) is 11.0. The summed E-state index contributed by atoms with van der Waals surface area (Å²) >= 11 is 0. The largest absolute Gasteiger partial charge is 0.368 e. The van der Waals surface area contributed by atoms with Crippen LogP contribution in [0.25, 0.3) is 0 Å². The van der Waals surface area contributed by atoms with E-state index in [1.54, 1.807) is 0 Å². The Morgan fingerprint density at radius 3 is 2.88 bits per heavy atom. The average Bonchev–Trinajstić information content (AvgIpc) is 2.28. The fraction of sp³-hybridized carbons (Fsp3) is 0.800. The molecule has 1 saturated heterocycles. The van der Waals surface area contributed by atoms with E-state index in [0.717, 1.165) is 24.3 Å². The molecule has 17 heavy (non-hydrogen) atoms. The lowest BCUT2D eigenvalue weighted by Crippen LogP contribution is -2.55. The van der Waals surface area contributed by atoms with Gasteiger partial charge in [-0.1, -0.05) is 19.8 Å². The summed E-state index contributed by atoms with van der Waals surface area (Å²) in [6.07, 6.45) is 9.37. The van der Waals surface area contributed by atoms with E-state index in [1.807, 2.05) is 6.08 Å². The molecule has 0 bridgehead atoms. The zero-order valence-electron chi connectivity index (χ0n) is 11.0. The van der Waals surface area contributed by atoms with E-state index >= 15 is 0 Å². The summed E-state index contributed by atoms with van der Waals surface area (Å²) in [6, 6.07) is 1.23. The molecule has 94 valence electrons. The maximum Gasteiger partial charge on any atom is 0.159 e. The summed E-state index contributed by atoms with van der Waals surface area (Å²) in [4.78, 5) is 14.3. The lowest BCUT2D eigenvalue weighted by atomic mass is 9.69. The molecule has 0 aromatic rings. The summed E-state index contributed by atoms with van der Waals surface area (Å²) in [5.74, 6) is 2.02. The smallest absolute Gasteiger partial charge is 0.159 e. The quantitative estimate of drug-likeness (QED) is 0.640. The van der Waals surface area contributed by atoms with Crippen LogP contribution in [0, 0.1) is 11.8 Å². The maximum absolute atomic E-state index is 11.7. The molecule has 0 radical (unpaired) electrons. The van der Waals surface area contributed by atoms with E-state index in [9.17, 15) is 4.79 Å². The van der Waals surface area contributed by atoms with E-state index in [2.05, 4.69) is 18.7 Å². The van der Waals surface area contributed by atoms with Crippen molar-refractivity contribution in [2.24, 2.45) is 11.8 Å². The van der Waals surface area contributed by atoms with Crippen LogP contribution in [0.3, 0.4) is 0 Å². The third-order valence-corrected chi connectivity index (χ3v) is 5.12. The molecule has 2 fully saturated rings. The molecule has 4 unspecified atom stereocenters. The van der Waals surface area contributed by atoms with Gasteiger partial charge in [-0.15, -0.1) is 0 Å². The Morgan fingerprint density at radius 2 is 2.06 bits per heavy atom. The maximum atomic E-state index is 11.7. The minimum atomic E-state index is 0.338. The SMILES string of the molecule is CC1=CC(=O)CC2CC(C)C3CCCCC3N12. The Bertz CT molecular complexity index is 360. The molecule has 1 saturated carbocycles. The standard InChI is InChI=1S/C15H23NO/c1-10-7-12-9-13(17)8-11(2)16(12)15-6-4-3-5-14(10)15/h8,10,12,14-15H,3-7,9H2,1-2H3. The van der Waals surface area contributed by atoms with Gasteiger partial charge in [0, 0.05) is 30.3 Å². The number of nitrogens with zero attached hydrogens (tertiary/aromatic N) is 1. The van der Waals surface area contributed by atoms with Gasteiger partial charge in [-0.2, -0.15) is 0 Å². The summed E-state index contributed by atoms with van der Waals surface area (Å²) in [5.41, 5.74) is 1.23. The molecule has 0 spiro atoms. The fourth-order valence-corrected chi connectivity index (χ4v) is 4.47. The van der Waals surface area contributed by atoms with Crippen LogP contribution in [0.5, 0.6) is 0 Å². The highest BCUT2D eigenvalue weighted by Crippen LogP contribution is 2.44. The molecular weight excluding hydrogens is 210 g/mol. The Hall–Kier alpha value is -0.790. The number of ketones is 1. The van der Waals surface area contributed by atoms with Crippen molar-refractivity contribution in [3.8, 4) is 0 Å². The third-order valence-electron chi connectivity index (χ3n) is 5.12. The first-order chi connectivity index (χ1) is 8.16. The second kappa shape index (κ2) is 4.15. The number of hydrogen-bond acceptors (Lipinski definition) is 2. The Labute approximate surface area is 104 Å². The highest BCUT2D eigenvalue weighted by molar-refractivity contribution is 5.91. The van der Waals surface area contributed by atoms with Crippen LogP contribution in [0.2, 0.25) is 0 Å². The minimum Gasteiger partial charge on any atom is -0.368 e. The van der Waals surface area contributed by atoms with Crippen molar-refractivity contribution >= 4 is 5.78 Å². The van der Waals surface area contributed by atoms with Crippen molar-refractivity contribution in [2.75, 3.05) is 0 Å². The topological polar surface area (TPSA) is 20.3 Å². The van der Waals surface area contributed by atoms with E-state index in [0.29, 0.717) is 11.8 Å². The molecule has 0 aromatic heterocycles. The molecule has 3 aliphatic rings. The zero-order chi connectivity index (χ0) is 12.0. The lowest BCUT2D eigenvalue weighted by Gasteiger charge is -2.54. The molecule has 1 aliphatic carbocycles. The molecule has 4 atom stereocenters. The normalized spacial score (nSPS) is 41.6. The molecular formula is C15H23NO. The predicted octanol–water partition coefficient (Wildman–Crippen LogP) is 3.13. The van der Waals surface area contributed by atoms with Gasteiger partial charge in [0.05, 0.1) is 0 Å². The number of hydrogen-bond donors (Lipinski definition) is 0. The van der Waals surface area contributed by atoms with E-state index in [4.69, 9.17) is 0 Å². The Balaban J connectivity index is 1.92. The Kier molecular flexibility index (Phi) is 2.76. The highest BCUT2D eigenvalue weighted by Gasteiger charge is 2.43. The van der Waals surface area contributed by atoms with Gasteiger partial charge in [0.25, 0.3) is 0 Å². The second-order valence-corrected chi connectivity index (χ2v) is 6.25. The van der Waals surface area contributed by atoms with Crippen LogP contribution >= 0.6 is 0 Å². The van der Waals surface area contributed by atoms with Gasteiger partial charge < -0.3 is 4.90 Å². The summed E-state index contributed by atoms with van der Waals surface area (Å²) in [7, 11) is 0. The molecule has 2 aliphatic heterocycles. The molecule has 0 N–H and O–H groups in total. The number of rotatable bonds is 0. The average molecular weight is 233 g/mol. The molecule has 3 rings (SSSR count). The molecule has 0 amide bonds. The number of carbonyl (C=O) groups excluding carboxylic acids is 1. The molecule has 2 nitrogen and oxygen atoms in total. The van der Waals surface area contributed by atoms with Crippen LogP contribution < -0.4 is 0 Å². The van der Waals surface area contributed by atoms with Gasteiger partial charge in [-0.3, -0.25) is 4.79 Å². The van der Waals surface area contributed by atoms with Crippen molar-refractivity contribution in [1.82, 2.24) is 4.90 Å². The van der Waals surface area contributed by atoms with Crippen LogP contribution in [0.1, 0.15) is 52.4 Å². The first-order valence-corrected chi connectivity index (χ1v) is 7.16. The molecule has 2 heteroatoms. The number of piperidine rings is 1. The number of carbonyl (C=O) groups is 1. The number of fused-ring (bicyclic) bond motifs is 3. The second-order valence-electron chi connectivity index (χ2n) is 6.25. The van der Waals surface area contributed by atoms with Crippen LogP contribution in [0.4, 0.5) is 0 Å². The van der Waals surface area contributed by atoms with Crippen molar-refractivity contribution < 1.29 is 4.79 Å². The van der Waals surface area contributed by atoms with Crippen LogP contribution in [0.15, 0.2) is 11.8 Å². The lowest BCUT2D eigenvalue weighted by molar-refractivity contribution is -0.118. The highest BCUT2D eigenvalue weighted by atomic mass is 16.1. The Morgan fingerprint density at radius 1 is 1.29 bits per heavy atom. The van der Waals surface area contributed by atoms with Gasteiger partial charge >= 0.3 is 0 Å². The van der Waals surface area contributed by atoms with E-state index < -0.39 is 0 Å². The van der Waals surface area contributed by atoms with Crippen molar-refractivity contribution in [1.29, 1.82) is 0 Å². The van der Waals surface area contributed by atoms with Gasteiger partial charge in [0.15, 0.2) is 5.78 Å². The van der Waals surface area contributed by atoms with Gasteiger partial charge in [-0.25, -0.2) is 0 Å². The van der Waals surface area contributed by atoms with Crippen molar-refractivity contribution in [3.63, 3.8) is 0 Å². The first kappa shape index (κ1) is 11.3. The monoisotopic (exact) mass is 233 g/mol.